The highest BCUT2D eigenvalue weighted by Gasteiger charge is 2.22. The summed E-state index contributed by atoms with van der Waals surface area (Å²) < 4.78 is 0. The summed E-state index contributed by atoms with van der Waals surface area (Å²) in [6, 6.07) is 41.6. The molecule has 3 heteroatoms. The third-order valence-corrected chi connectivity index (χ3v) is 9.07. The maximum Gasteiger partial charge on any atom is 0.0467 e. The smallest absolute Gasteiger partial charge is 0.0467 e. The summed E-state index contributed by atoms with van der Waals surface area (Å²) in [6.45, 7) is 4.34. The molecular weight excluding hydrogens is 462 g/mol. The fourth-order valence-corrected chi connectivity index (χ4v) is 7.07. The van der Waals surface area contributed by atoms with Crippen molar-refractivity contribution in [1.82, 2.24) is 0 Å². The van der Waals surface area contributed by atoms with Crippen LogP contribution < -0.4 is 4.90 Å². The largest absolute Gasteiger partial charge is 0.310 e. The lowest BCUT2D eigenvalue weighted by Crippen LogP contribution is -2.09. The standard InChI is InChI=1S/C32H25NS2/c1-22-17-19-26(20-18-22)33(25-11-4-3-5-12-25)27-13-7-10-24(21-27)28-14-8-16-30-32(28)35-31-23(2)9-6-15-29(31)34-30/h3-21H,1-2H3. The number of benzene rings is 5. The normalized spacial score (nSPS) is 12.1. The molecule has 5 aromatic carbocycles. The van der Waals surface area contributed by atoms with Crippen LogP contribution in [0.5, 0.6) is 0 Å². The number of hydrogen-bond donors (Lipinski definition) is 0. The number of hydrogen-bond acceptors (Lipinski definition) is 3. The van der Waals surface area contributed by atoms with E-state index in [2.05, 4.69) is 134 Å². The van der Waals surface area contributed by atoms with Gasteiger partial charge in [0.15, 0.2) is 0 Å². The van der Waals surface area contributed by atoms with Crippen molar-refractivity contribution in [3.63, 3.8) is 0 Å². The van der Waals surface area contributed by atoms with E-state index in [9.17, 15) is 0 Å². The fraction of sp³-hybridized carbons (Fsp3) is 0.0625. The van der Waals surface area contributed by atoms with Gasteiger partial charge in [0, 0.05) is 36.6 Å². The van der Waals surface area contributed by atoms with Gasteiger partial charge < -0.3 is 4.90 Å². The second-order valence-corrected chi connectivity index (χ2v) is 10.9. The minimum absolute atomic E-state index is 1.15. The first-order chi connectivity index (χ1) is 17.2. The van der Waals surface area contributed by atoms with Crippen molar-refractivity contribution in [2.75, 3.05) is 4.90 Å². The molecular formula is C32H25NS2. The number of aryl methyl sites for hydroxylation is 2. The molecule has 0 aliphatic carbocycles. The van der Waals surface area contributed by atoms with Gasteiger partial charge >= 0.3 is 0 Å². The SMILES string of the molecule is Cc1ccc(N(c2ccccc2)c2cccc(-c3cccc4c3Sc3c(C)cccc3S4)c2)cc1. The van der Waals surface area contributed by atoms with Crippen LogP contribution in [0.25, 0.3) is 11.1 Å². The molecule has 0 saturated carbocycles. The van der Waals surface area contributed by atoms with Crippen LogP contribution in [0.4, 0.5) is 17.1 Å². The number of fused-ring (bicyclic) bond motifs is 2. The Hall–Kier alpha value is -3.40. The highest BCUT2D eigenvalue weighted by atomic mass is 32.2. The van der Waals surface area contributed by atoms with Crippen LogP contribution in [0.3, 0.4) is 0 Å². The minimum atomic E-state index is 1.15. The third kappa shape index (κ3) is 4.27. The molecule has 0 unspecified atom stereocenters. The second kappa shape index (κ2) is 9.33. The molecule has 0 bridgehead atoms. The van der Waals surface area contributed by atoms with Gasteiger partial charge in [0.25, 0.3) is 0 Å². The zero-order chi connectivity index (χ0) is 23.8. The van der Waals surface area contributed by atoms with Crippen LogP contribution in [0.2, 0.25) is 0 Å². The Morgan fingerprint density at radius 1 is 0.514 bits per heavy atom. The lowest BCUT2D eigenvalue weighted by molar-refractivity contribution is 1.12. The van der Waals surface area contributed by atoms with Gasteiger partial charge in [0.2, 0.25) is 0 Å². The maximum absolute atomic E-state index is 2.33. The van der Waals surface area contributed by atoms with Gasteiger partial charge in [-0.05, 0) is 79.1 Å². The number of rotatable bonds is 4. The molecule has 1 nitrogen and oxygen atoms in total. The molecule has 1 aliphatic heterocycles. The molecule has 35 heavy (non-hydrogen) atoms. The second-order valence-electron chi connectivity index (χ2n) is 8.80. The molecule has 1 heterocycles. The minimum Gasteiger partial charge on any atom is -0.310 e. The van der Waals surface area contributed by atoms with Crippen LogP contribution in [-0.2, 0) is 0 Å². The molecule has 0 amide bonds. The van der Waals surface area contributed by atoms with E-state index in [1.807, 2.05) is 23.5 Å². The molecule has 1 aliphatic rings. The summed E-state index contributed by atoms with van der Waals surface area (Å²) in [5.74, 6) is 0. The lowest BCUT2D eigenvalue weighted by Gasteiger charge is -2.27. The third-order valence-electron chi connectivity index (χ3n) is 6.30. The first-order valence-electron chi connectivity index (χ1n) is 11.8. The Bertz CT molecular complexity index is 1510. The van der Waals surface area contributed by atoms with Gasteiger partial charge in [-0.1, -0.05) is 95.8 Å². The first kappa shape index (κ1) is 22.1. The monoisotopic (exact) mass is 487 g/mol. The van der Waals surface area contributed by atoms with Crippen LogP contribution in [0.1, 0.15) is 11.1 Å². The van der Waals surface area contributed by atoms with E-state index < -0.39 is 0 Å². The average molecular weight is 488 g/mol. The quantitative estimate of drug-likeness (QED) is 0.243. The lowest BCUT2D eigenvalue weighted by atomic mass is 10.0. The van der Waals surface area contributed by atoms with Gasteiger partial charge in [-0.25, -0.2) is 0 Å². The van der Waals surface area contributed by atoms with Crippen LogP contribution >= 0.6 is 23.5 Å². The fourth-order valence-electron chi connectivity index (χ4n) is 4.52. The Labute approximate surface area is 215 Å². The molecule has 0 spiro atoms. The van der Waals surface area contributed by atoms with Crippen molar-refractivity contribution in [3.8, 4) is 11.1 Å². The van der Waals surface area contributed by atoms with Crippen molar-refractivity contribution < 1.29 is 0 Å². The van der Waals surface area contributed by atoms with Crippen molar-refractivity contribution >= 4 is 40.6 Å². The summed E-state index contributed by atoms with van der Waals surface area (Å²) in [5.41, 5.74) is 8.58. The van der Waals surface area contributed by atoms with Crippen molar-refractivity contribution in [3.05, 3.63) is 126 Å². The zero-order valence-electron chi connectivity index (χ0n) is 19.7. The van der Waals surface area contributed by atoms with E-state index in [1.165, 1.54) is 41.8 Å². The molecule has 0 N–H and O–H groups in total. The number of nitrogens with zero attached hydrogens (tertiary/aromatic N) is 1. The summed E-state index contributed by atoms with van der Waals surface area (Å²) in [6.07, 6.45) is 0. The topological polar surface area (TPSA) is 3.24 Å². The van der Waals surface area contributed by atoms with E-state index in [0.717, 1.165) is 17.1 Å². The van der Waals surface area contributed by atoms with Crippen molar-refractivity contribution in [2.24, 2.45) is 0 Å². The highest BCUT2D eigenvalue weighted by molar-refractivity contribution is 8.05. The maximum atomic E-state index is 2.33. The van der Waals surface area contributed by atoms with Gasteiger partial charge in [-0.2, -0.15) is 0 Å². The molecule has 0 saturated heterocycles. The number of anilines is 3. The van der Waals surface area contributed by atoms with Crippen molar-refractivity contribution in [1.29, 1.82) is 0 Å². The molecule has 0 radical (unpaired) electrons. The first-order valence-corrected chi connectivity index (χ1v) is 13.4. The van der Waals surface area contributed by atoms with Gasteiger partial charge in [0.1, 0.15) is 0 Å². The van der Waals surface area contributed by atoms with E-state index >= 15 is 0 Å². The Morgan fingerprint density at radius 2 is 1.17 bits per heavy atom. The van der Waals surface area contributed by atoms with E-state index in [4.69, 9.17) is 0 Å². The predicted molar refractivity (Wildman–Crippen MR) is 151 cm³/mol. The zero-order valence-corrected chi connectivity index (χ0v) is 21.4. The molecule has 170 valence electrons. The highest BCUT2D eigenvalue weighted by Crippen LogP contribution is 2.53. The van der Waals surface area contributed by atoms with Gasteiger partial charge in [-0.3, -0.25) is 0 Å². The average Bonchev–Trinajstić information content (AvgIpc) is 2.90. The van der Waals surface area contributed by atoms with Crippen molar-refractivity contribution in [2.45, 2.75) is 33.4 Å². The van der Waals surface area contributed by atoms with E-state index in [0.29, 0.717) is 0 Å². The Kier molecular flexibility index (Phi) is 5.89. The van der Waals surface area contributed by atoms with Crippen LogP contribution in [0, 0.1) is 13.8 Å². The molecule has 0 aromatic heterocycles. The molecule has 5 aromatic rings. The summed E-state index contributed by atoms with van der Waals surface area (Å²) in [5, 5.41) is 0. The van der Waals surface area contributed by atoms with Gasteiger partial charge in [-0.15, -0.1) is 0 Å². The molecule has 6 rings (SSSR count). The summed E-state index contributed by atoms with van der Waals surface area (Å²) in [7, 11) is 0. The summed E-state index contributed by atoms with van der Waals surface area (Å²) in [4.78, 5) is 7.73. The Morgan fingerprint density at radius 3 is 1.97 bits per heavy atom. The number of para-hydroxylation sites is 1. The predicted octanol–water partition coefficient (Wildman–Crippen LogP) is 10.1. The molecule has 0 fully saturated rings. The Balaban J connectivity index is 1.46. The van der Waals surface area contributed by atoms with E-state index in [-0.39, 0.29) is 0 Å². The van der Waals surface area contributed by atoms with Crippen LogP contribution in [-0.4, -0.2) is 0 Å². The summed E-state index contributed by atoms with van der Waals surface area (Å²) >= 11 is 3.78. The molecule has 0 atom stereocenters. The van der Waals surface area contributed by atoms with E-state index in [1.54, 1.807) is 0 Å². The van der Waals surface area contributed by atoms with Gasteiger partial charge in [0.05, 0.1) is 0 Å². The van der Waals surface area contributed by atoms with Crippen LogP contribution in [0.15, 0.2) is 135 Å².